The van der Waals surface area contributed by atoms with Crippen molar-refractivity contribution in [3.05, 3.63) is 29.8 Å². The molecule has 7 heteroatoms. The average molecular weight is 310 g/mol. The maximum absolute atomic E-state index is 12.1. The number of rotatable bonds is 4. The van der Waals surface area contributed by atoms with Crippen LogP contribution in [0.5, 0.6) is 0 Å². The smallest absolute Gasteiger partial charge is 0.241 e. The third-order valence-corrected chi connectivity index (χ3v) is 4.18. The lowest BCUT2D eigenvalue weighted by Crippen LogP contribution is -2.44. The number of aliphatic hydroxyl groups is 1. The second-order valence-electron chi connectivity index (χ2n) is 4.56. The molecule has 2 N–H and O–H groups in total. The second kappa shape index (κ2) is 7.22. The second-order valence-corrected chi connectivity index (χ2v) is 6.27. The maximum atomic E-state index is 12.1. The summed E-state index contributed by atoms with van der Waals surface area (Å²) < 4.78 is 26.6. The normalized spacial score (nSPS) is 12.2. The molecule has 0 saturated carbocycles. The van der Waals surface area contributed by atoms with Crippen LogP contribution in [0.2, 0.25) is 0 Å². The highest BCUT2D eigenvalue weighted by atomic mass is 32.2. The molecule has 0 radical (unpaired) electrons. The maximum Gasteiger partial charge on any atom is 0.241 e. The Balaban J connectivity index is 2.91. The van der Waals surface area contributed by atoms with Gasteiger partial charge in [-0.15, -0.1) is 0 Å². The molecule has 1 atom stereocenters. The fraction of sp³-hybridized carbons (Fsp3) is 0.357. The lowest BCUT2D eigenvalue weighted by Gasteiger charge is -2.18. The zero-order valence-electron chi connectivity index (χ0n) is 12.1. The highest BCUT2D eigenvalue weighted by Crippen LogP contribution is 2.11. The number of amides is 1. The van der Waals surface area contributed by atoms with E-state index in [-0.39, 0.29) is 17.4 Å². The van der Waals surface area contributed by atoms with Crippen LogP contribution in [0, 0.1) is 11.8 Å². The van der Waals surface area contributed by atoms with Crippen molar-refractivity contribution in [1.29, 1.82) is 0 Å². The number of hydrogen-bond donors (Lipinski definition) is 2. The quantitative estimate of drug-likeness (QED) is 0.753. The molecule has 0 bridgehead atoms. The number of hydrogen-bond acceptors (Lipinski definition) is 4. The van der Waals surface area contributed by atoms with Crippen LogP contribution in [-0.2, 0) is 14.8 Å². The fourth-order valence-corrected chi connectivity index (χ4v) is 2.79. The van der Waals surface area contributed by atoms with Crippen LogP contribution >= 0.6 is 0 Å². The number of nitrogens with one attached hydrogen (secondary N) is 1. The molecule has 21 heavy (non-hydrogen) atoms. The Labute approximate surface area is 124 Å². The van der Waals surface area contributed by atoms with E-state index in [1.54, 1.807) is 14.1 Å². The van der Waals surface area contributed by atoms with Crippen molar-refractivity contribution in [3.63, 3.8) is 0 Å². The van der Waals surface area contributed by atoms with E-state index in [9.17, 15) is 13.2 Å². The Bertz CT molecular complexity index is 654. The number of carbonyl (C=O) groups excluding carboxylic acids is 1. The van der Waals surface area contributed by atoms with Crippen molar-refractivity contribution in [2.45, 2.75) is 17.9 Å². The molecule has 1 amide bonds. The molecule has 0 aliphatic rings. The predicted octanol–water partition coefficient (Wildman–Crippen LogP) is -0.215. The van der Waals surface area contributed by atoms with Crippen molar-refractivity contribution < 1.29 is 18.3 Å². The molecule has 1 rings (SSSR count). The van der Waals surface area contributed by atoms with Gasteiger partial charge in [-0.3, -0.25) is 4.79 Å². The summed E-state index contributed by atoms with van der Waals surface area (Å²) in [7, 11) is -0.656. The van der Waals surface area contributed by atoms with E-state index in [4.69, 9.17) is 5.11 Å². The van der Waals surface area contributed by atoms with Gasteiger partial charge in [-0.25, -0.2) is 8.42 Å². The van der Waals surface area contributed by atoms with Crippen molar-refractivity contribution in [2.75, 3.05) is 20.7 Å². The number of carbonyl (C=O) groups is 1. The number of aliphatic hydroxyl groups excluding tert-OH is 1. The van der Waals surface area contributed by atoms with E-state index in [1.165, 1.54) is 36.1 Å². The highest BCUT2D eigenvalue weighted by Gasteiger charge is 2.22. The van der Waals surface area contributed by atoms with Crippen LogP contribution in [0.1, 0.15) is 12.5 Å². The SMILES string of the molecule is CC(NS(=O)(=O)c1ccc(C#CCO)cc1)C(=O)N(C)C. The number of nitrogens with zero attached hydrogens (tertiary/aromatic N) is 1. The van der Waals surface area contributed by atoms with Crippen LogP contribution in [0.15, 0.2) is 29.2 Å². The minimum atomic E-state index is -3.77. The van der Waals surface area contributed by atoms with Gasteiger partial charge in [-0.05, 0) is 31.2 Å². The van der Waals surface area contributed by atoms with Crippen molar-refractivity contribution in [1.82, 2.24) is 9.62 Å². The molecule has 1 unspecified atom stereocenters. The summed E-state index contributed by atoms with van der Waals surface area (Å²) in [6.07, 6.45) is 0. The largest absolute Gasteiger partial charge is 0.384 e. The zero-order chi connectivity index (χ0) is 16.0. The van der Waals surface area contributed by atoms with E-state index >= 15 is 0 Å². The van der Waals surface area contributed by atoms with Gasteiger partial charge >= 0.3 is 0 Å². The molecule has 114 valence electrons. The Morgan fingerprint density at radius 3 is 2.38 bits per heavy atom. The first-order chi connectivity index (χ1) is 9.77. The summed E-state index contributed by atoms with van der Waals surface area (Å²) in [5, 5.41) is 8.59. The summed E-state index contributed by atoms with van der Waals surface area (Å²) in [4.78, 5) is 13.1. The summed E-state index contributed by atoms with van der Waals surface area (Å²) in [6, 6.07) is 5.03. The summed E-state index contributed by atoms with van der Waals surface area (Å²) in [5.74, 6) is 4.81. The van der Waals surface area contributed by atoms with Crippen molar-refractivity contribution in [2.24, 2.45) is 0 Å². The lowest BCUT2D eigenvalue weighted by atomic mass is 10.2. The Morgan fingerprint density at radius 2 is 1.90 bits per heavy atom. The van der Waals surface area contributed by atoms with Gasteiger partial charge in [0.1, 0.15) is 6.61 Å². The summed E-state index contributed by atoms with van der Waals surface area (Å²) in [6.45, 7) is 1.23. The monoisotopic (exact) mass is 310 g/mol. The Hall–Kier alpha value is -1.88. The molecule has 0 saturated heterocycles. The first kappa shape index (κ1) is 17.2. The molecule has 0 aliphatic carbocycles. The van der Waals surface area contributed by atoms with Crippen LogP contribution < -0.4 is 4.72 Å². The van der Waals surface area contributed by atoms with E-state index in [1.807, 2.05) is 0 Å². The van der Waals surface area contributed by atoms with E-state index in [0.29, 0.717) is 5.56 Å². The predicted molar refractivity (Wildman–Crippen MR) is 78.9 cm³/mol. The average Bonchev–Trinajstić information content (AvgIpc) is 2.44. The minimum Gasteiger partial charge on any atom is -0.384 e. The number of likely N-dealkylation sites (N-methyl/N-ethyl adjacent to an activating group) is 1. The summed E-state index contributed by atoms with van der Waals surface area (Å²) >= 11 is 0. The molecule has 0 aromatic heterocycles. The highest BCUT2D eigenvalue weighted by molar-refractivity contribution is 7.89. The Kier molecular flexibility index (Phi) is 5.90. The van der Waals surface area contributed by atoms with Gasteiger partial charge in [0, 0.05) is 19.7 Å². The molecule has 0 fully saturated rings. The van der Waals surface area contributed by atoms with E-state index < -0.39 is 16.1 Å². The van der Waals surface area contributed by atoms with Crippen LogP contribution in [0.3, 0.4) is 0 Å². The standard InChI is InChI=1S/C14H18N2O4S/c1-11(14(18)16(2)3)15-21(19,20)13-8-6-12(7-9-13)5-4-10-17/h6-9,11,15,17H,10H2,1-3H3. The van der Waals surface area contributed by atoms with Gasteiger partial charge in [0.2, 0.25) is 15.9 Å². The number of benzene rings is 1. The summed E-state index contributed by atoms with van der Waals surface area (Å²) in [5.41, 5.74) is 0.598. The first-order valence-corrected chi connectivity index (χ1v) is 7.69. The molecule has 0 aliphatic heterocycles. The fourth-order valence-electron chi connectivity index (χ4n) is 1.60. The zero-order valence-corrected chi connectivity index (χ0v) is 12.9. The molecule has 0 spiro atoms. The molecule has 1 aromatic carbocycles. The van der Waals surface area contributed by atoms with Crippen molar-refractivity contribution >= 4 is 15.9 Å². The molecule has 6 nitrogen and oxygen atoms in total. The van der Waals surface area contributed by atoms with Crippen LogP contribution in [0.25, 0.3) is 0 Å². The van der Waals surface area contributed by atoms with E-state index in [2.05, 4.69) is 16.6 Å². The lowest BCUT2D eigenvalue weighted by molar-refractivity contribution is -0.130. The van der Waals surface area contributed by atoms with Gasteiger partial charge in [0.25, 0.3) is 0 Å². The van der Waals surface area contributed by atoms with Crippen molar-refractivity contribution in [3.8, 4) is 11.8 Å². The number of sulfonamides is 1. The van der Waals surface area contributed by atoms with Gasteiger partial charge in [0.05, 0.1) is 10.9 Å². The van der Waals surface area contributed by atoms with Gasteiger partial charge in [0.15, 0.2) is 0 Å². The first-order valence-electron chi connectivity index (χ1n) is 6.21. The molecular formula is C14H18N2O4S. The topological polar surface area (TPSA) is 86.7 Å². The molecule has 0 heterocycles. The molecular weight excluding hydrogens is 292 g/mol. The van der Waals surface area contributed by atoms with Gasteiger partial charge < -0.3 is 10.0 Å². The van der Waals surface area contributed by atoms with E-state index in [0.717, 1.165) is 0 Å². The van der Waals surface area contributed by atoms with Gasteiger partial charge in [-0.2, -0.15) is 4.72 Å². The van der Waals surface area contributed by atoms with Crippen LogP contribution in [-0.4, -0.2) is 51.1 Å². The third-order valence-electron chi connectivity index (χ3n) is 2.62. The third kappa shape index (κ3) is 4.86. The van der Waals surface area contributed by atoms with Crippen LogP contribution in [0.4, 0.5) is 0 Å². The molecule has 1 aromatic rings. The van der Waals surface area contributed by atoms with Gasteiger partial charge in [-0.1, -0.05) is 11.8 Å². The minimum absolute atomic E-state index is 0.0513. The Morgan fingerprint density at radius 1 is 1.33 bits per heavy atom.